The van der Waals surface area contributed by atoms with Gasteiger partial charge in [-0.25, -0.2) is 8.42 Å². The molecule has 0 aliphatic rings. The summed E-state index contributed by atoms with van der Waals surface area (Å²) in [5.74, 6) is -0.144. The van der Waals surface area contributed by atoms with Gasteiger partial charge in [0.15, 0.2) is 0 Å². The van der Waals surface area contributed by atoms with Crippen LogP contribution in [0, 0.1) is 5.41 Å². The Morgan fingerprint density at radius 3 is 2.21 bits per heavy atom. The lowest BCUT2D eigenvalue weighted by Gasteiger charge is -2.24. The molecule has 2 N–H and O–H groups in total. The Morgan fingerprint density at radius 1 is 1.43 bits per heavy atom. The zero-order valence-electron chi connectivity index (χ0n) is 9.04. The summed E-state index contributed by atoms with van der Waals surface area (Å²) in [6, 6.07) is 0. The van der Waals surface area contributed by atoms with E-state index in [1.807, 2.05) is 6.92 Å². The molecule has 0 fully saturated rings. The molecular formula is C9H19NO3S. The molecule has 0 aliphatic heterocycles. The zero-order chi connectivity index (χ0) is 11.4. The van der Waals surface area contributed by atoms with Crippen molar-refractivity contribution in [1.29, 1.82) is 0 Å². The fraction of sp³-hybridized carbons (Fsp3) is 0.889. The third kappa shape index (κ3) is 4.19. The number of carbonyl (C=O) groups excluding carboxylic acids is 1. The van der Waals surface area contributed by atoms with Gasteiger partial charge in [0.25, 0.3) is 0 Å². The van der Waals surface area contributed by atoms with E-state index in [0.29, 0.717) is 6.42 Å². The van der Waals surface area contributed by atoms with Crippen molar-refractivity contribution < 1.29 is 13.2 Å². The van der Waals surface area contributed by atoms with E-state index in [-0.39, 0.29) is 24.5 Å². The SMILES string of the molecule is CCC(C)(CN)C(=O)CCS(C)(=O)=O. The Labute approximate surface area is 85.8 Å². The van der Waals surface area contributed by atoms with Gasteiger partial charge in [0, 0.05) is 24.6 Å². The van der Waals surface area contributed by atoms with Crippen LogP contribution in [0.15, 0.2) is 0 Å². The fourth-order valence-electron chi connectivity index (χ4n) is 1.04. The molecule has 0 saturated heterocycles. The summed E-state index contributed by atoms with van der Waals surface area (Å²) in [5, 5.41) is 0. The van der Waals surface area contributed by atoms with Crippen molar-refractivity contribution in [1.82, 2.24) is 0 Å². The van der Waals surface area contributed by atoms with Crippen molar-refractivity contribution in [2.45, 2.75) is 26.7 Å². The molecule has 5 heteroatoms. The van der Waals surface area contributed by atoms with Crippen LogP contribution in [0.1, 0.15) is 26.7 Å². The summed E-state index contributed by atoms with van der Waals surface area (Å²) < 4.78 is 21.7. The van der Waals surface area contributed by atoms with Crippen LogP contribution in [0.2, 0.25) is 0 Å². The summed E-state index contributed by atoms with van der Waals surface area (Å²) in [7, 11) is -3.06. The van der Waals surface area contributed by atoms with E-state index in [0.717, 1.165) is 6.26 Å². The predicted octanol–water partition coefficient (Wildman–Crippen LogP) is 0.365. The van der Waals surface area contributed by atoms with Crippen LogP contribution >= 0.6 is 0 Å². The number of ketones is 1. The maximum absolute atomic E-state index is 11.6. The van der Waals surface area contributed by atoms with Crippen LogP contribution in [0.4, 0.5) is 0 Å². The summed E-state index contributed by atoms with van der Waals surface area (Å²) in [6.45, 7) is 3.93. The maximum Gasteiger partial charge on any atom is 0.147 e. The lowest BCUT2D eigenvalue weighted by atomic mass is 9.82. The first-order valence-electron chi connectivity index (χ1n) is 4.66. The van der Waals surface area contributed by atoms with Crippen molar-refractivity contribution in [3.63, 3.8) is 0 Å². The van der Waals surface area contributed by atoms with Crippen LogP contribution < -0.4 is 5.73 Å². The number of nitrogens with two attached hydrogens (primary N) is 1. The first kappa shape index (κ1) is 13.6. The van der Waals surface area contributed by atoms with Gasteiger partial charge in [-0.3, -0.25) is 4.79 Å². The van der Waals surface area contributed by atoms with Gasteiger partial charge in [0.2, 0.25) is 0 Å². The lowest BCUT2D eigenvalue weighted by Crippen LogP contribution is -2.36. The predicted molar refractivity (Wildman–Crippen MR) is 56.8 cm³/mol. The molecule has 0 bridgehead atoms. The molecule has 0 amide bonds. The normalized spacial score (nSPS) is 16.3. The van der Waals surface area contributed by atoms with Crippen LogP contribution in [0.3, 0.4) is 0 Å². The van der Waals surface area contributed by atoms with Crippen LogP contribution in [0.25, 0.3) is 0 Å². The first-order chi connectivity index (χ1) is 6.25. The molecule has 0 aromatic carbocycles. The molecule has 0 heterocycles. The van der Waals surface area contributed by atoms with E-state index >= 15 is 0 Å². The van der Waals surface area contributed by atoms with E-state index in [1.54, 1.807) is 6.92 Å². The van der Waals surface area contributed by atoms with E-state index in [4.69, 9.17) is 5.73 Å². The Kier molecular flexibility index (Phi) is 4.74. The van der Waals surface area contributed by atoms with E-state index < -0.39 is 15.3 Å². The van der Waals surface area contributed by atoms with Crippen molar-refractivity contribution >= 4 is 15.6 Å². The third-order valence-electron chi connectivity index (χ3n) is 2.60. The molecule has 14 heavy (non-hydrogen) atoms. The van der Waals surface area contributed by atoms with E-state index in [2.05, 4.69) is 0 Å². The van der Waals surface area contributed by atoms with Gasteiger partial charge in [-0.15, -0.1) is 0 Å². The zero-order valence-corrected chi connectivity index (χ0v) is 9.86. The molecule has 0 rings (SSSR count). The quantitative estimate of drug-likeness (QED) is 0.702. The van der Waals surface area contributed by atoms with Gasteiger partial charge in [-0.05, 0) is 6.42 Å². The van der Waals surface area contributed by atoms with Crippen LogP contribution in [-0.2, 0) is 14.6 Å². The second kappa shape index (κ2) is 4.89. The Bertz CT molecular complexity index is 291. The molecule has 1 atom stereocenters. The summed E-state index contributed by atoms with van der Waals surface area (Å²) >= 11 is 0. The Balaban J connectivity index is 4.35. The van der Waals surface area contributed by atoms with Gasteiger partial charge in [0.05, 0.1) is 5.75 Å². The van der Waals surface area contributed by atoms with Crippen molar-refractivity contribution in [3.05, 3.63) is 0 Å². The van der Waals surface area contributed by atoms with Gasteiger partial charge >= 0.3 is 0 Å². The summed E-state index contributed by atoms with van der Waals surface area (Å²) in [4.78, 5) is 11.6. The van der Waals surface area contributed by atoms with Gasteiger partial charge in [-0.1, -0.05) is 13.8 Å². The minimum absolute atomic E-state index is 0.0621. The minimum Gasteiger partial charge on any atom is -0.329 e. The second-order valence-corrected chi connectivity index (χ2v) is 6.18. The van der Waals surface area contributed by atoms with Crippen molar-refractivity contribution in [3.8, 4) is 0 Å². The summed E-state index contributed by atoms with van der Waals surface area (Å²) in [6.07, 6.45) is 1.85. The first-order valence-corrected chi connectivity index (χ1v) is 6.72. The van der Waals surface area contributed by atoms with E-state index in [9.17, 15) is 13.2 Å². The molecule has 0 spiro atoms. The average molecular weight is 221 g/mol. The Hall–Kier alpha value is -0.420. The standard InChI is InChI=1S/C9H19NO3S/c1-4-9(2,7-10)8(11)5-6-14(3,12)13/h4-7,10H2,1-3H3. The average Bonchev–Trinajstić information content (AvgIpc) is 2.11. The number of carbonyl (C=O) groups is 1. The highest BCUT2D eigenvalue weighted by molar-refractivity contribution is 7.90. The fourth-order valence-corrected chi connectivity index (χ4v) is 1.59. The summed E-state index contributed by atoms with van der Waals surface area (Å²) in [5.41, 5.74) is 4.92. The molecule has 0 radical (unpaired) electrons. The number of Topliss-reactive ketones (excluding diaryl/α,β-unsaturated/α-hetero) is 1. The molecule has 84 valence electrons. The number of hydrogen-bond acceptors (Lipinski definition) is 4. The molecule has 0 aromatic heterocycles. The smallest absolute Gasteiger partial charge is 0.147 e. The van der Waals surface area contributed by atoms with Crippen LogP contribution in [-0.4, -0.2) is 32.8 Å². The Morgan fingerprint density at radius 2 is 1.93 bits per heavy atom. The van der Waals surface area contributed by atoms with Crippen molar-refractivity contribution in [2.75, 3.05) is 18.6 Å². The van der Waals surface area contributed by atoms with Gasteiger partial charge < -0.3 is 5.73 Å². The second-order valence-electron chi connectivity index (χ2n) is 3.92. The lowest BCUT2D eigenvalue weighted by molar-refractivity contribution is -0.127. The number of rotatable bonds is 6. The number of hydrogen-bond donors (Lipinski definition) is 1. The highest BCUT2D eigenvalue weighted by Crippen LogP contribution is 2.22. The molecule has 4 nitrogen and oxygen atoms in total. The largest absolute Gasteiger partial charge is 0.329 e. The molecule has 1 unspecified atom stereocenters. The minimum atomic E-state index is -3.06. The maximum atomic E-state index is 11.6. The monoisotopic (exact) mass is 221 g/mol. The van der Waals surface area contributed by atoms with Gasteiger partial charge in [0.1, 0.15) is 15.6 Å². The van der Waals surface area contributed by atoms with E-state index in [1.165, 1.54) is 0 Å². The number of sulfone groups is 1. The molecular weight excluding hydrogens is 202 g/mol. The van der Waals surface area contributed by atoms with Crippen LogP contribution in [0.5, 0.6) is 0 Å². The van der Waals surface area contributed by atoms with Gasteiger partial charge in [-0.2, -0.15) is 0 Å². The molecule has 0 aromatic rings. The highest BCUT2D eigenvalue weighted by atomic mass is 32.2. The molecule has 0 saturated carbocycles. The molecule has 0 aliphatic carbocycles. The topological polar surface area (TPSA) is 77.2 Å². The highest BCUT2D eigenvalue weighted by Gasteiger charge is 2.29. The van der Waals surface area contributed by atoms with Crippen molar-refractivity contribution in [2.24, 2.45) is 11.1 Å². The third-order valence-corrected chi connectivity index (χ3v) is 3.55.